The van der Waals surface area contributed by atoms with Crippen LogP contribution in [0.15, 0.2) is 30.3 Å². The van der Waals surface area contributed by atoms with Gasteiger partial charge in [-0.1, -0.05) is 32.0 Å². The summed E-state index contributed by atoms with van der Waals surface area (Å²) in [6.45, 7) is 7.03. The summed E-state index contributed by atoms with van der Waals surface area (Å²) in [4.78, 5) is 13.9. The Kier molecular flexibility index (Phi) is 11.9. The lowest BCUT2D eigenvalue weighted by Gasteiger charge is -2.27. The Morgan fingerprint density at radius 2 is 1.62 bits per heavy atom. The van der Waals surface area contributed by atoms with Crippen LogP contribution in [0.1, 0.15) is 38.4 Å². The Balaban J connectivity index is 0.000000948. The average molecular weight is 363 g/mol. The van der Waals surface area contributed by atoms with Crippen molar-refractivity contribution in [2.45, 2.75) is 40.2 Å². The largest absolute Gasteiger partial charge is 0.333 e. The molecule has 26 heavy (non-hydrogen) atoms. The summed E-state index contributed by atoms with van der Waals surface area (Å²) in [5.41, 5.74) is 17.8. The van der Waals surface area contributed by atoms with E-state index in [1.54, 1.807) is 4.90 Å². The van der Waals surface area contributed by atoms with Gasteiger partial charge >= 0.3 is 0 Å². The molecule has 0 atom stereocenters. The Morgan fingerprint density at radius 3 is 2.12 bits per heavy atom. The van der Waals surface area contributed by atoms with Crippen molar-refractivity contribution in [1.29, 1.82) is 0 Å². The summed E-state index contributed by atoms with van der Waals surface area (Å²) in [5.74, 6) is 1.04. The van der Waals surface area contributed by atoms with Gasteiger partial charge < -0.3 is 17.2 Å². The zero-order valence-corrected chi connectivity index (χ0v) is 16.7. The fourth-order valence-electron chi connectivity index (χ4n) is 2.74. The predicted molar refractivity (Wildman–Crippen MR) is 109 cm³/mol. The molecule has 2 aromatic rings. The molecule has 6 N–H and O–H groups in total. The maximum Gasteiger partial charge on any atom is 0.228 e. The topological polar surface area (TPSA) is 116 Å². The zero-order valence-electron chi connectivity index (χ0n) is 16.7. The highest BCUT2D eigenvalue weighted by Crippen LogP contribution is 2.32. The van der Waals surface area contributed by atoms with Gasteiger partial charge in [0.1, 0.15) is 5.82 Å². The molecule has 146 valence electrons. The molecule has 0 fully saturated rings. The van der Waals surface area contributed by atoms with Crippen LogP contribution in [0.5, 0.6) is 0 Å². The fourth-order valence-corrected chi connectivity index (χ4v) is 2.74. The van der Waals surface area contributed by atoms with E-state index >= 15 is 0 Å². The molecule has 1 aromatic heterocycles. The molecule has 0 aliphatic carbocycles. The van der Waals surface area contributed by atoms with Gasteiger partial charge in [-0.2, -0.15) is 5.10 Å². The Bertz CT molecular complexity index is 639. The van der Waals surface area contributed by atoms with Crippen LogP contribution >= 0.6 is 0 Å². The van der Waals surface area contributed by atoms with E-state index in [9.17, 15) is 4.79 Å². The van der Waals surface area contributed by atoms with Crippen LogP contribution in [0.4, 0.5) is 5.82 Å². The van der Waals surface area contributed by atoms with Crippen molar-refractivity contribution in [3.63, 3.8) is 0 Å². The molecular weight excluding hydrogens is 328 g/mol. The summed E-state index contributed by atoms with van der Waals surface area (Å²) < 4.78 is 1.85. The number of anilines is 1. The summed E-state index contributed by atoms with van der Waals surface area (Å²) in [6, 6.07) is 9.87. The van der Waals surface area contributed by atoms with Crippen LogP contribution in [-0.4, -0.2) is 36.3 Å². The third-order valence-corrected chi connectivity index (χ3v) is 3.70. The van der Waals surface area contributed by atoms with Gasteiger partial charge in [-0.25, -0.2) is 4.68 Å². The minimum atomic E-state index is 0.153. The first-order valence-corrected chi connectivity index (χ1v) is 9.08. The number of para-hydroxylation sites is 1. The van der Waals surface area contributed by atoms with E-state index in [4.69, 9.17) is 5.73 Å². The maximum absolute atomic E-state index is 12.1. The summed E-state index contributed by atoms with van der Waals surface area (Å²) in [6.07, 6.45) is 1.26. The van der Waals surface area contributed by atoms with Crippen molar-refractivity contribution in [3.8, 4) is 5.69 Å². The molecule has 0 saturated carbocycles. The van der Waals surface area contributed by atoms with Crippen LogP contribution in [0.3, 0.4) is 0 Å². The molecule has 0 spiro atoms. The Labute approximate surface area is 157 Å². The molecule has 3 rings (SSSR count). The van der Waals surface area contributed by atoms with Crippen molar-refractivity contribution in [3.05, 3.63) is 41.6 Å². The zero-order chi connectivity index (χ0) is 20.1. The van der Waals surface area contributed by atoms with Gasteiger partial charge in [0.15, 0.2) is 0 Å². The number of nitrogens with zero attached hydrogens (tertiary/aromatic N) is 3. The Hall–Kier alpha value is -2.22. The minimum absolute atomic E-state index is 0.153. The highest BCUT2D eigenvalue weighted by Gasteiger charge is 2.30. The normalized spacial score (nSPS) is 11.8. The Morgan fingerprint density at radius 1 is 1.04 bits per heavy atom. The van der Waals surface area contributed by atoms with Gasteiger partial charge in [-0.05, 0) is 39.6 Å². The van der Waals surface area contributed by atoms with Crippen LogP contribution in [0, 0.1) is 0 Å². The number of rotatable bonds is 3. The van der Waals surface area contributed by atoms with Crippen molar-refractivity contribution >= 4 is 11.7 Å². The number of benzene rings is 1. The molecule has 0 bridgehead atoms. The highest BCUT2D eigenvalue weighted by atomic mass is 16.2. The number of fused-ring (bicyclic) bond motifs is 1. The smallest absolute Gasteiger partial charge is 0.228 e. The second kappa shape index (κ2) is 13.0. The fraction of sp³-hybridized carbons (Fsp3) is 0.474. The maximum atomic E-state index is 12.1. The number of carbonyl (C=O) groups excluding carboxylic acids is 1. The molecule has 2 heterocycles. The second-order valence-electron chi connectivity index (χ2n) is 4.84. The highest BCUT2D eigenvalue weighted by molar-refractivity contribution is 5.96. The monoisotopic (exact) mass is 362 g/mol. The number of carbonyl (C=O) groups is 1. The molecule has 0 radical (unpaired) electrons. The van der Waals surface area contributed by atoms with Crippen molar-refractivity contribution < 1.29 is 4.79 Å². The van der Waals surface area contributed by atoms with Crippen LogP contribution < -0.4 is 22.1 Å². The second-order valence-corrected chi connectivity index (χ2v) is 4.84. The van der Waals surface area contributed by atoms with Gasteiger partial charge in [0.05, 0.1) is 11.4 Å². The van der Waals surface area contributed by atoms with E-state index in [1.165, 1.54) is 14.1 Å². The SMILES string of the molecule is CC.CCN1C(=O)CCc2c(CN)nn(-c3ccccc3)c21.CN.CN. The molecule has 1 amide bonds. The van der Waals surface area contributed by atoms with Crippen LogP contribution in [0.2, 0.25) is 0 Å². The number of amides is 1. The van der Waals surface area contributed by atoms with Crippen LogP contribution in [0.25, 0.3) is 5.69 Å². The molecule has 1 aliphatic heterocycles. The molecule has 7 heteroatoms. The summed E-state index contributed by atoms with van der Waals surface area (Å²) in [7, 11) is 3.00. The van der Waals surface area contributed by atoms with E-state index in [2.05, 4.69) is 16.6 Å². The first kappa shape index (κ1) is 23.8. The quantitative estimate of drug-likeness (QED) is 0.770. The van der Waals surface area contributed by atoms with E-state index in [0.717, 1.165) is 29.2 Å². The lowest BCUT2D eigenvalue weighted by Crippen LogP contribution is -2.36. The standard InChI is InChI=1S/C15H18N4O.C2H6.2CH5N/c1-2-18-14(20)9-8-12-13(10-16)17-19(15(12)18)11-6-4-3-5-7-11;3*1-2/h3-7H,2,8-10,16H2,1H3;1-2H3;2*2H2,1H3. The molecule has 7 nitrogen and oxygen atoms in total. The van der Waals surface area contributed by atoms with Crippen molar-refractivity contribution in [1.82, 2.24) is 9.78 Å². The summed E-state index contributed by atoms with van der Waals surface area (Å²) in [5, 5.41) is 4.61. The predicted octanol–water partition coefficient (Wildman–Crippen LogP) is 1.81. The number of hydrogen-bond donors (Lipinski definition) is 3. The van der Waals surface area contributed by atoms with Gasteiger partial charge in [0, 0.05) is 25.1 Å². The first-order valence-electron chi connectivity index (χ1n) is 9.08. The van der Waals surface area contributed by atoms with E-state index in [0.29, 0.717) is 19.5 Å². The van der Waals surface area contributed by atoms with Gasteiger partial charge in [-0.3, -0.25) is 9.69 Å². The molecule has 0 saturated heterocycles. The number of aromatic nitrogens is 2. The van der Waals surface area contributed by atoms with Crippen LogP contribution in [-0.2, 0) is 17.8 Å². The average Bonchev–Trinajstić information content (AvgIpc) is 3.12. The van der Waals surface area contributed by atoms with E-state index in [1.807, 2.05) is 55.8 Å². The van der Waals surface area contributed by atoms with E-state index < -0.39 is 0 Å². The van der Waals surface area contributed by atoms with Gasteiger partial charge in [0.25, 0.3) is 0 Å². The molecular formula is C19H34N6O. The van der Waals surface area contributed by atoms with Gasteiger partial charge in [0.2, 0.25) is 5.91 Å². The minimum Gasteiger partial charge on any atom is -0.333 e. The van der Waals surface area contributed by atoms with Crippen molar-refractivity contribution in [2.24, 2.45) is 17.2 Å². The molecule has 0 unspecified atom stereocenters. The van der Waals surface area contributed by atoms with Gasteiger partial charge in [-0.15, -0.1) is 0 Å². The molecule has 1 aliphatic rings. The van der Waals surface area contributed by atoms with E-state index in [-0.39, 0.29) is 5.91 Å². The number of hydrogen-bond acceptors (Lipinski definition) is 5. The number of nitrogens with two attached hydrogens (primary N) is 3. The molecule has 1 aromatic carbocycles. The lowest BCUT2D eigenvalue weighted by atomic mass is 10.0. The lowest BCUT2D eigenvalue weighted by molar-refractivity contribution is -0.118. The van der Waals surface area contributed by atoms with Crippen molar-refractivity contribution in [2.75, 3.05) is 25.5 Å². The third-order valence-electron chi connectivity index (χ3n) is 3.70. The third kappa shape index (κ3) is 5.14. The first-order chi connectivity index (χ1) is 12.8. The summed E-state index contributed by atoms with van der Waals surface area (Å²) >= 11 is 0.